The van der Waals surface area contributed by atoms with E-state index in [0.717, 1.165) is 49.3 Å². The Morgan fingerprint density at radius 3 is 2.50 bits per heavy atom. The van der Waals surface area contributed by atoms with Crippen LogP contribution in [-0.2, 0) is 12.8 Å². The zero-order chi connectivity index (χ0) is 22.3. The second-order valence-electron chi connectivity index (χ2n) is 9.07. The minimum Gasteiger partial charge on any atom is -0.385 e. The molecule has 1 aliphatic carbocycles. The van der Waals surface area contributed by atoms with Crippen LogP contribution in [0.1, 0.15) is 67.6 Å². The number of piperidine rings is 1. The van der Waals surface area contributed by atoms with Crippen LogP contribution in [0.15, 0.2) is 30.3 Å². The third kappa shape index (κ3) is 5.32. The Balaban J connectivity index is 1.44. The molecule has 172 valence electrons. The highest BCUT2D eigenvalue weighted by molar-refractivity contribution is 5.94. The fraction of sp³-hybridized carbons (Fsp3) is 0.556. The fourth-order valence-electron chi connectivity index (χ4n) is 5.03. The van der Waals surface area contributed by atoms with Gasteiger partial charge in [-0.3, -0.25) is 9.78 Å². The molecule has 4 rings (SSSR count). The maximum absolute atomic E-state index is 12.6. The van der Waals surface area contributed by atoms with E-state index < -0.39 is 0 Å². The number of carbonyl (C=O) groups is 1. The summed E-state index contributed by atoms with van der Waals surface area (Å²) < 4.78 is 0. The van der Waals surface area contributed by atoms with Crippen molar-refractivity contribution >= 4 is 11.6 Å². The zero-order valence-corrected chi connectivity index (χ0v) is 19.8. The van der Waals surface area contributed by atoms with Crippen molar-refractivity contribution in [2.45, 2.75) is 58.8 Å². The highest BCUT2D eigenvalue weighted by atomic mass is 16.2. The molecule has 1 amide bonds. The number of aryl methyl sites for hydroxylation is 1. The number of carbonyl (C=O) groups excluding carboxylic acids is 1. The number of nitrogens with one attached hydrogen (secondary N) is 1. The predicted octanol–water partition coefficient (Wildman–Crippen LogP) is 5.01. The van der Waals surface area contributed by atoms with E-state index in [1.54, 1.807) is 0 Å². The van der Waals surface area contributed by atoms with E-state index in [2.05, 4.69) is 16.3 Å². The molecule has 32 heavy (non-hydrogen) atoms. The summed E-state index contributed by atoms with van der Waals surface area (Å²) in [6.07, 6.45) is 8.64. The van der Waals surface area contributed by atoms with Gasteiger partial charge in [0.05, 0.1) is 5.69 Å². The monoisotopic (exact) mass is 434 g/mol. The lowest BCUT2D eigenvalue weighted by molar-refractivity contribution is 0.0773. The molecule has 1 N–H and O–H groups in total. The highest BCUT2D eigenvalue weighted by Crippen LogP contribution is 2.32. The van der Waals surface area contributed by atoms with Gasteiger partial charge in [0.1, 0.15) is 0 Å². The number of amides is 1. The van der Waals surface area contributed by atoms with E-state index in [1.807, 2.05) is 43.0 Å². The van der Waals surface area contributed by atoms with Gasteiger partial charge >= 0.3 is 0 Å². The molecule has 5 nitrogen and oxygen atoms in total. The number of hydrogen-bond donors (Lipinski definition) is 1. The number of aromatic nitrogens is 1. The summed E-state index contributed by atoms with van der Waals surface area (Å²) in [7, 11) is 0. The molecular formula is C27H38N4O. The normalized spacial score (nSPS) is 16.1. The van der Waals surface area contributed by atoms with Crippen LogP contribution in [-0.4, -0.2) is 60.0 Å². The summed E-state index contributed by atoms with van der Waals surface area (Å²) in [5, 5.41) is 3.73. The minimum atomic E-state index is 0.0968. The lowest BCUT2D eigenvalue weighted by Gasteiger charge is -2.26. The van der Waals surface area contributed by atoms with Crippen LogP contribution in [0.25, 0.3) is 11.3 Å². The van der Waals surface area contributed by atoms with Crippen LogP contribution in [0, 0.1) is 0 Å². The van der Waals surface area contributed by atoms with Crippen molar-refractivity contribution in [2.24, 2.45) is 0 Å². The maximum atomic E-state index is 12.6. The molecule has 0 saturated carbocycles. The highest BCUT2D eigenvalue weighted by Gasteiger charge is 2.19. The van der Waals surface area contributed by atoms with Crippen LogP contribution in [0.3, 0.4) is 0 Å². The Morgan fingerprint density at radius 2 is 1.78 bits per heavy atom. The first kappa shape index (κ1) is 22.8. The van der Waals surface area contributed by atoms with E-state index in [-0.39, 0.29) is 5.91 Å². The number of fused-ring (bicyclic) bond motifs is 1. The van der Waals surface area contributed by atoms with Crippen molar-refractivity contribution in [3.05, 3.63) is 47.2 Å². The standard InChI is InChI=1S/C27H38N4O/c1-3-31(4-2)27(32)22-14-12-21(13-15-22)25-20-26(23-10-8-11-24(23)29-25)28-16-9-19-30-17-6-5-7-18-30/h12-15,20H,3-11,16-19H2,1-2H3,(H,28,29). The summed E-state index contributed by atoms with van der Waals surface area (Å²) in [6, 6.07) is 10.2. The van der Waals surface area contributed by atoms with Crippen molar-refractivity contribution < 1.29 is 4.79 Å². The van der Waals surface area contributed by atoms with Crippen molar-refractivity contribution in [1.29, 1.82) is 0 Å². The molecule has 1 aromatic carbocycles. The largest absolute Gasteiger partial charge is 0.385 e. The van der Waals surface area contributed by atoms with Gasteiger partial charge in [-0.25, -0.2) is 0 Å². The van der Waals surface area contributed by atoms with Crippen molar-refractivity contribution in [1.82, 2.24) is 14.8 Å². The van der Waals surface area contributed by atoms with Crippen LogP contribution < -0.4 is 5.32 Å². The van der Waals surface area contributed by atoms with Crippen LogP contribution in [0.4, 0.5) is 5.69 Å². The second-order valence-corrected chi connectivity index (χ2v) is 9.07. The van der Waals surface area contributed by atoms with Gasteiger partial charge < -0.3 is 15.1 Å². The Kier molecular flexibility index (Phi) is 7.80. The number of benzene rings is 1. The van der Waals surface area contributed by atoms with E-state index in [0.29, 0.717) is 0 Å². The topological polar surface area (TPSA) is 48.5 Å². The molecule has 2 heterocycles. The smallest absolute Gasteiger partial charge is 0.253 e. The van der Waals surface area contributed by atoms with Gasteiger partial charge in [0.15, 0.2) is 0 Å². The molecule has 1 fully saturated rings. The van der Waals surface area contributed by atoms with Crippen molar-refractivity contribution in [2.75, 3.05) is 44.6 Å². The van der Waals surface area contributed by atoms with Gasteiger partial charge in [-0.1, -0.05) is 18.6 Å². The average Bonchev–Trinajstić information content (AvgIpc) is 3.32. The summed E-state index contributed by atoms with van der Waals surface area (Å²) >= 11 is 0. The Bertz CT molecular complexity index is 899. The zero-order valence-electron chi connectivity index (χ0n) is 19.8. The molecular weight excluding hydrogens is 396 g/mol. The number of anilines is 1. The molecule has 0 radical (unpaired) electrons. The first-order chi connectivity index (χ1) is 15.7. The summed E-state index contributed by atoms with van der Waals surface area (Å²) in [5.41, 5.74) is 6.72. The van der Waals surface area contributed by atoms with Crippen LogP contribution in [0.5, 0.6) is 0 Å². The maximum Gasteiger partial charge on any atom is 0.253 e. The molecule has 1 aromatic heterocycles. The van der Waals surface area contributed by atoms with Crippen molar-refractivity contribution in [3.63, 3.8) is 0 Å². The summed E-state index contributed by atoms with van der Waals surface area (Å²) in [6.45, 7) is 10.2. The predicted molar refractivity (Wildman–Crippen MR) is 132 cm³/mol. The Morgan fingerprint density at radius 1 is 1.03 bits per heavy atom. The molecule has 1 aliphatic heterocycles. The average molecular weight is 435 g/mol. The molecule has 0 atom stereocenters. The van der Waals surface area contributed by atoms with Gasteiger partial charge in [-0.15, -0.1) is 0 Å². The van der Waals surface area contributed by atoms with Crippen LogP contribution in [0.2, 0.25) is 0 Å². The SMILES string of the molecule is CCN(CC)C(=O)c1ccc(-c2cc(NCCCN3CCCCC3)c3c(n2)CCC3)cc1. The third-order valence-corrected chi connectivity index (χ3v) is 6.94. The third-order valence-electron chi connectivity index (χ3n) is 6.94. The molecule has 5 heteroatoms. The van der Waals surface area contributed by atoms with E-state index >= 15 is 0 Å². The molecule has 0 bridgehead atoms. The van der Waals surface area contributed by atoms with E-state index in [4.69, 9.17) is 4.98 Å². The number of hydrogen-bond acceptors (Lipinski definition) is 4. The van der Waals surface area contributed by atoms with Crippen molar-refractivity contribution in [3.8, 4) is 11.3 Å². The molecule has 1 saturated heterocycles. The van der Waals surface area contributed by atoms with Gasteiger partial charge in [0, 0.05) is 42.1 Å². The fourth-order valence-corrected chi connectivity index (χ4v) is 5.03. The lowest BCUT2D eigenvalue weighted by atomic mass is 10.0. The van der Waals surface area contributed by atoms with E-state index in [1.165, 1.54) is 68.7 Å². The lowest BCUT2D eigenvalue weighted by Crippen LogP contribution is -2.31. The van der Waals surface area contributed by atoms with Gasteiger partial charge in [0.2, 0.25) is 0 Å². The molecule has 0 unspecified atom stereocenters. The molecule has 0 spiro atoms. The first-order valence-electron chi connectivity index (χ1n) is 12.6. The number of nitrogens with zero attached hydrogens (tertiary/aromatic N) is 3. The molecule has 2 aromatic rings. The first-order valence-corrected chi connectivity index (χ1v) is 12.6. The number of pyridine rings is 1. The summed E-state index contributed by atoms with van der Waals surface area (Å²) in [4.78, 5) is 22.1. The number of rotatable bonds is 9. The van der Waals surface area contributed by atoms with Gasteiger partial charge in [0.25, 0.3) is 5.91 Å². The van der Waals surface area contributed by atoms with Gasteiger partial charge in [-0.05, 0) is 95.8 Å². The number of likely N-dealkylation sites (tertiary alicyclic amines) is 1. The second kappa shape index (κ2) is 11.0. The molecule has 2 aliphatic rings. The minimum absolute atomic E-state index is 0.0968. The Labute approximate surface area is 193 Å². The Hall–Kier alpha value is -2.40. The quantitative estimate of drug-likeness (QED) is 0.564. The van der Waals surface area contributed by atoms with E-state index in [9.17, 15) is 4.79 Å². The van der Waals surface area contributed by atoms with Gasteiger partial charge in [-0.2, -0.15) is 0 Å². The van der Waals surface area contributed by atoms with Crippen LogP contribution >= 0.6 is 0 Å². The summed E-state index contributed by atoms with van der Waals surface area (Å²) in [5.74, 6) is 0.0968.